The fraction of sp³-hybridized carbons (Fsp3) is 0.400. The van der Waals surface area contributed by atoms with Gasteiger partial charge < -0.3 is 20.8 Å². The molecule has 8 heteroatoms. The van der Waals surface area contributed by atoms with Crippen LogP contribution in [0.15, 0.2) is 45.5 Å². The van der Waals surface area contributed by atoms with Gasteiger partial charge in [-0.2, -0.15) is 5.11 Å². The monoisotopic (exact) mass is 256 g/mol. The number of alkyl halides is 1. The van der Waals surface area contributed by atoms with Gasteiger partial charge in [0, 0.05) is 5.70 Å². The van der Waals surface area contributed by atoms with Crippen LogP contribution in [0, 0.1) is 0 Å². The van der Waals surface area contributed by atoms with Gasteiger partial charge in [-0.3, -0.25) is 0 Å². The lowest BCUT2D eigenvalue weighted by atomic mass is 9.96. The second kappa shape index (κ2) is 3.77. The number of hydrogen-bond donors (Lipinski definition) is 4. The molecule has 1 fully saturated rings. The number of aliphatic hydroxyl groups excluding tert-OH is 2. The number of hydrogen-bond acceptors (Lipinski definition) is 6. The van der Waals surface area contributed by atoms with Crippen molar-refractivity contribution in [3.63, 3.8) is 0 Å². The Labute approximate surface area is 100 Å². The van der Waals surface area contributed by atoms with E-state index in [2.05, 4.69) is 20.9 Å². The first kappa shape index (κ1) is 11.1. The van der Waals surface area contributed by atoms with E-state index in [1.165, 1.54) is 0 Å². The second-order valence-corrected chi connectivity index (χ2v) is 4.21. The molecule has 0 saturated carbocycles. The predicted molar refractivity (Wildman–Crippen MR) is 56.5 cm³/mol. The van der Waals surface area contributed by atoms with Crippen LogP contribution in [-0.4, -0.2) is 34.7 Å². The smallest absolute Gasteiger partial charge is 0.252 e. The number of rotatable bonds is 0. The molecule has 0 aromatic heterocycles. The molecule has 1 saturated heterocycles. The summed E-state index contributed by atoms with van der Waals surface area (Å²) in [6.07, 6.45) is -0.825. The van der Waals surface area contributed by atoms with E-state index in [9.17, 15) is 19.0 Å². The Kier molecular flexibility index (Phi) is 2.34. The highest BCUT2D eigenvalue weighted by atomic mass is 19.1. The molecule has 6 nitrogen and oxygen atoms in total. The Morgan fingerprint density at radius 2 is 2.06 bits per heavy atom. The summed E-state index contributed by atoms with van der Waals surface area (Å²) in [5.74, 6) is -1.11. The number of halogens is 2. The van der Waals surface area contributed by atoms with Gasteiger partial charge in [0.2, 0.25) is 0 Å². The summed E-state index contributed by atoms with van der Waals surface area (Å²) in [5.41, 5.74) is 0.415. The minimum Gasteiger partial charge on any atom is -0.491 e. The Balaban J connectivity index is 1.98. The minimum atomic E-state index is -1.57. The number of aliphatic hydroxyl groups is 2. The van der Waals surface area contributed by atoms with E-state index in [1.54, 1.807) is 0 Å². The Morgan fingerprint density at radius 1 is 1.28 bits per heavy atom. The first-order chi connectivity index (χ1) is 8.56. The van der Waals surface area contributed by atoms with Crippen LogP contribution < -0.4 is 10.6 Å². The van der Waals surface area contributed by atoms with E-state index in [-0.39, 0.29) is 11.4 Å². The summed E-state index contributed by atoms with van der Waals surface area (Å²) in [6.45, 7) is 0. The molecule has 2 aliphatic heterocycles. The quantitative estimate of drug-likeness (QED) is 0.508. The SMILES string of the molecule is OC1=C2NC3C(=CC(F)=CC3F)NC2C(O)N=N1. The number of fused-ring (bicyclic) bond motifs is 2. The maximum Gasteiger partial charge on any atom is 0.252 e. The van der Waals surface area contributed by atoms with Gasteiger partial charge in [-0.1, -0.05) is 0 Å². The molecule has 0 radical (unpaired) electrons. The van der Waals surface area contributed by atoms with Crippen LogP contribution >= 0.6 is 0 Å². The molecule has 3 rings (SSSR count). The Morgan fingerprint density at radius 3 is 2.83 bits per heavy atom. The van der Waals surface area contributed by atoms with Crippen LogP contribution in [-0.2, 0) is 0 Å². The van der Waals surface area contributed by atoms with Crippen LogP contribution in [0.5, 0.6) is 0 Å². The van der Waals surface area contributed by atoms with E-state index in [1.807, 2.05) is 0 Å². The van der Waals surface area contributed by atoms with Gasteiger partial charge in [0.05, 0.1) is 0 Å². The van der Waals surface area contributed by atoms with Gasteiger partial charge in [-0.15, -0.1) is 5.11 Å². The molecular formula is C10H10F2N4O2. The topological polar surface area (TPSA) is 89.2 Å². The standard InChI is InChI=1S/C10H10F2N4O2/c11-3-1-4(12)6-5(2-3)13-7-8(14-6)10(18)16-15-9(7)17/h1-2,4,6-7,9,13-14,17-18H. The molecule has 0 amide bonds. The lowest BCUT2D eigenvalue weighted by Crippen LogP contribution is -2.59. The first-order valence-electron chi connectivity index (χ1n) is 5.34. The summed E-state index contributed by atoms with van der Waals surface area (Å²) in [6, 6.07) is -1.62. The second-order valence-electron chi connectivity index (χ2n) is 4.21. The minimum absolute atomic E-state index is 0.151. The summed E-state index contributed by atoms with van der Waals surface area (Å²) in [4.78, 5) is 0. The molecule has 1 aliphatic carbocycles. The van der Waals surface area contributed by atoms with Crippen molar-refractivity contribution >= 4 is 0 Å². The molecule has 0 bridgehead atoms. The fourth-order valence-electron chi connectivity index (χ4n) is 2.17. The summed E-state index contributed by atoms with van der Waals surface area (Å²) >= 11 is 0. The van der Waals surface area contributed by atoms with Crippen molar-refractivity contribution in [3.8, 4) is 0 Å². The lowest BCUT2D eigenvalue weighted by molar-refractivity contribution is 0.117. The van der Waals surface area contributed by atoms with E-state index in [0.29, 0.717) is 0 Å². The number of azo groups is 1. The van der Waals surface area contributed by atoms with Crippen molar-refractivity contribution in [2.24, 2.45) is 10.2 Å². The fourth-order valence-corrected chi connectivity index (χ4v) is 2.17. The van der Waals surface area contributed by atoms with Crippen LogP contribution in [0.4, 0.5) is 8.78 Å². The Hall–Kier alpha value is -1.96. The summed E-state index contributed by atoms with van der Waals surface area (Å²) < 4.78 is 26.8. The van der Waals surface area contributed by atoms with Crippen molar-refractivity contribution in [1.29, 1.82) is 0 Å². The third-order valence-electron chi connectivity index (χ3n) is 3.02. The molecule has 0 aromatic rings. The van der Waals surface area contributed by atoms with Gasteiger partial charge in [0.1, 0.15) is 29.8 Å². The predicted octanol–water partition coefficient (Wildman–Crippen LogP) is 0.517. The van der Waals surface area contributed by atoms with Crippen molar-refractivity contribution in [2.75, 3.05) is 0 Å². The number of nitrogens with zero attached hydrogens (tertiary/aromatic N) is 2. The van der Waals surface area contributed by atoms with Crippen molar-refractivity contribution in [1.82, 2.24) is 10.6 Å². The highest BCUT2D eigenvalue weighted by molar-refractivity contribution is 5.37. The normalized spacial score (nSPS) is 37.9. The average Bonchev–Trinajstić information content (AvgIpc) is 2.32. The highest BCUT2D eigenvalue weighted by Crippen LogP contribution is 2.29. The molecular weight excluding hydrogens is 246 g/mol. The van der Waals surface area contributed by atoms with Crippen molar-refractivity contribution < 1.29 is 19.0 Å². The maximum atomic E-state index is 13.7. The van der Waals surface area contributed by atoms with Crippen LogP contribution in [0.3, 0.4) is 0 Å². The number of piperazine rings is 1. The van der Waals surface area contributed by atoms with Gasteiger partial charge in [-0.25, -0.2) is 8.78 Å². The van der Waals surface area contributed by atoms with E-state index in [4.69, 9.17) is 0 Å². The van der Waals surface area contributed by atoms with Crippen molar-refractivity contribution in [3.05, 3.63) is 35.3 Å². The van der Waals surface area contributed by atoms with E-state index in [0.717, 1.165) is 12.2 Å². The van der Waals surface area contributed by atoms with Crippen LogP contribution in [0.2, 0.25) is 0 Å². The molecule has 4 unspecified atom stereocenters. The third kappa shape index (κ3) is 1.57. The molecule has 0 spiro atoms. The summed E-state index contributed by atoms with van der Waals surface area (Å²) in [5, 5.41) is 31.4. The van der Waals surface area contributed by atoms with Crippen molar-refractivity contribution in [2.45, 2.75) is 24.5 Å². The average molecular weight is 256 g/mol. The molecule has 18 heavy (non-hydrogen) atoms. The molecule has 0 aromatic carbocycles. The zero-order chi connectivity index (χ0) is 12.9. The van der Waals surface area contributed by atoms with E-state index < -0.39 is 36.2 Å². The van der Waals surface area contributed by atoms with Gasteiger partial charge >= 0.3 is 0 Å². The molecule has 96 valence electrons. The number of allylic oxidation sites excluding steroid dienone is 2. The first-order valence-corrected chi connectivity index (χ1v) is 5.34. The van der Waals surface area contributed by atoms with Crippen LogP contribution in [0.1, 0.15) is 0 Å². The zero-order valence-corrected chi connectivity index (χ0v) is 9.01. The highest BCUT2D eigenvalue weighted by Gasteiger charge is 2.41. The van der Waals surface area contributed by atoms with Gasteiger partial charge in [-0.05, 0) is 12.2 Å². The lowest BCUT2D eigenvalue weighted by Gasteiger charge is -2.40. The van der Waals surface area contributed by atoms with Gasteiger partial charge in [0.25, 0.3) is 5.88 Å². The third-order valence-corrected chi connectivity index (χ3v) is 3.02. The summed E-state index contributed by atoms with van der Waals surface area (Å²) in [7, 11) is 0. The van der Waals surface area contributed by atoms with Gasteiger partial charge in [0.15, 0.2) is 6.23 Å². The Bertz CT molecular complexity index is 514. The molecule has 4 N–H and O–H groups in total. The molecule has 3 aliphatic rings. The molecule has 2 heterocycles. The van der Waals surface area contributed by atoms with E-state index >= 15 is 0 Å². The molecule has 4 atom stereocenters. The largest absolute Gasteiger partial charge is 0.491 e. The zero-order valence-electron chi connectivity index (χ0n) is 9.01. The maximum absolute atomic E-state index is 13.7. The number of nitrogens with one attached hydrogen (secondary N) is 2. The van der Waals surface area contributed by atoms with Crippen LogP contribution in [0.25, 0.3) is 0 Å².